The lowest BCUT2D eigenvalue weighted by Gasteiger charge is -2.24. The number of benzene rings is 3. The number of hydrogen-bond acceptors (Lipinski definition) is 12. The van der Waals surface area contributed by atoms with Crippen LogP contribution in [-0.4, -0.2) is 66.6 Å². The number of alkyl halides is 1. The van der Waals surface area contributed by atoms with Crippen molar-refractivity contribution in [3.05, 3.63) is 108 Å². The van der Waals surface area contributed by atoms with Crippen LogP contribution in [0.5, 0.6) is 0 Å². The third-order valence-corrected chi connectivity index (χ3v) is 6.87. The Morgan fingerprint density at radius 1 is 0.542 bits per heavy atom. The molecule has 0 aliphatic carbocycles. The van der Waals surface area contributed by atoms with Gasteiger partial charge in [0.05, 0.1) is 18.8 Å². The second-order valence-electron chi connectivity index (χ2n) is 10.1. The quantitative estimate of drug-likeness (QED) is 0.0554. The van der Waals surface area contributed by atoms with Gasteiger partial charge in [0.1, 0.15) is 19.6 Å². The van der Waals surface area contributed by atoms with Crippen LogP contribution in [-0.2, 0) is 65.6 Å². The number of hydrogen-bond donors (Lipinski definition) is 0. The predicted octanol–water partition coefficient (Wildman–Crippen LogP) is 4.65. The first-order chi connectivity index (χ1) is 23.3. The second-order valence-corrected chi connectivity index (χ2v) is 10.8. The molecule has 0 unspecified atom stereocenters. The molecule has 12 nitrogen and oxygen atoms in total. The van der Waals surface area contributed by atoms with Crippen LogP contribution in [0.15, 0.2) is 91.0 Å². The van der Waals surface area contributed by atoms with Crippen molar-refractivity contribution in [1.82, 2.24) is 0 Å². The van der Waals surface area contributed by atoms with Gasteiger partial charge >= 0.3 is 35.8 Å². The molecule has 0 saturated heterocycles. The summed E-state index contributed by atoms with van der Waals surface area (Å²) in [7, 11) is 0. The molecular formula is C35H35BrO12. The zero-order valence-electron chi connectivity index (χ0n) is 26.0. The van der Waals surface area contributed by atoms with Gasteiger partial charge in [0.15, 0.2) is 0 Å². The van der Waals surface area contributed by atoms with Crippen molar-refractivity contribution < 1.29 is 57.2 Å². The highest BCUT2D eigenvalue weighted by Gasteiger charge is 2.43. The second kappa shape index (κ2) is 21.0. The van der Waals surface area contributed by atoms with Crippen LogP contribution in [0.4, 0.5) is 0 Å². The van der Waals surface area contributed by atoms with Gasteiger partial charge in [-0.2, -0.15) is 0 Å². The fraction of sp³-hybridized carbons (Fsp3) is 0.314. The minimum absolute atomic E-state index is 0.0537. The van der Waals surface area contributed by atoms with Gasteiger partial charge in [-0.1, -0.05) is 94.8 Å². The van der Waals surface area contributed by atoms with Gasteiger partial charge in [-0.25, -0.2) is 14.4 Å². The predicted molar refractivity (Wildman–Crippen MR) is 172 cm³/mol. The molecule has 0 spiro atoms. The first-order valence-electron chi connectivity index (χ1n) is 15.0. The van der Waals surface area contributed by atoms with Crippen LogP contribution in [0.1, 0.15) is 47.2 Å². The van der Waals surface area contributed by atoms with Gasteiger partial charge in [0, 0.05) is 11.8 Å². The maximum atomic E-state index is 13.4. The zero-order valence-corrected chi connectivity index (χ0v) is 27.5. The van der Waals surface area contributed by atoms with E-state index in [1.54, 1.807) is 78.9 Å². The first-order valence-corrected chi connectivity index (χ1v) is 16.1. The van der Waals surface area contributed by atoms with Crippen molar-refractivity contribution in [1.29, 1.82) is 0 Å². The molecule has 2 atom stereocenters. The van der Waals surface area contributed by atoms with Crippen LogP contribution in [0.3, 0.4) is 0 Å². The van der Waals surface area contributed by atoms with E-state index in [1.807, 2.05) is 0 Å². The first kappa shape index (κ1) is 37.4. The number of esters is 6. The number of carbonyl (C=O) groups excluding carboxylic acids is 6. The molecule has 0 radical (unpaired) electrons. The van der Waals surface area contributed by atoms with E-state index >= 15 is 0 Å². The van der Waals surface area contributed by atoms with E-state index in [9.17, 15) is 28.8 Å². The molecule has 0 heterocycles. The highest BCUT2D eigenvalue weighted by atomic mass is 79.9. The zero-order chi connectivity index (χ0) is 34.6. The average Bonchev–Trinajstić information content (AvgIpc) is 3.10. The Bertz CT molecular complexity index is 1480. The fourth-order valence-corrected chi connectivity index (χ4v) is 4.14. The molecule has 0 amide bonds. The Balaban J connectivity index is 1.72. The molecule has 0 aliphatic heterocycles. The van der Waals surface area contributed by atoms with Crippen molar-refractivity contribution in [3.8, 4) is 0 Å². The summed E-state index contributed by atoms with van der Waals surface area (Å²) in [5, 5.41) is 0.636. The summed E-state index contributed by atoms with van der Waals surface area (Å²) in [4.78, 5) is 76.4. The molecular weight excluding hydrogens is 692 g/mol. The topological polar surface area (TPSA) is 158 Å². The monoisotopic (exact) mass is 726 g/mol. The Morgan fingerprint density at radius 3 is 1.50 bits per heavy atom. The molecule has 3 aromatic carbocycles. The summed E-state index contributed by atoms with van der Waals surface area (Å²) >= 11 is 3.20. The average molecular weight is 728 g/mol. The number of rotatable bonds is 19. The molecule has 0 N–H and O–H groups in total. The highest BCUT2D eigenvalue weighted by Crippen LogP contribution is 2.17. The molecule has 0 aromatic heterocycles. The lowest BCUT2D eigenvalue weighted by molar-refractivity contribution is -0.185. The molecule has 0 bridgehead atoms. The van der Waals surface area contributed by atoms with Crippen molar-refractivity contribution in [2.24, 2.45) is 0 Å². The Morgan fingerprint density at radius 2 is 1.00 bits per heavy atom. The van der Waals surface area contributed by atoms with Gasteiger partial charge in [-0.05, 0) is 36.1 Å². The van der Waals surface area contributed by atoms with Gasteiger partial charge in [0.25, 0.3) is 0 Å². The Labute approximate surface area is 285 Å². The van der Waals surface area contributed by atoms with E-state index in [0.29, 0.717) is 22.9 Å². The van der Waals surface area contributed by atoms with Crippen molar-refractivity contribution in [2.45, 2.75) is 51.1 Å². The van der Waals surface area contributed by atoms with Crippen LogP contribution in [0, 0.1) is 0 Å². The van der Waals surface area contributed by atoms with Crippen molar-refractivity contribution in [2.75, 3.05) is 18.5 Å². The van der Waals surface area contributed by atoms with Gasteiger partial charge in [-0.15, -0.1) is 0 Å². The van der Waals surface area contributed by atoms with Crippen LogP contribution < -0.4 is 0 Å². The largest absolute Gasteiger partial charge is 0.465 e. The van der Waals surface area contributed by atoms with Crippen LogP contribution in [0.2, 0.25) is 0 Å². The lowest BCUT2D eigenvalue weighted by atomic mass is 10.1. The third-order valence-electron chi connectivity index (χ3n) is 6.31. The van der Waals surface area contributed by atoms with E-state index in [1.165, 1.54) is 12.1 Å². The molecule has 3 rings (SSSR count). The molecule has 13 heteroatoms. The van der Waals surface area contributed by atoms with E-state index in [4.69, 9.17) is 28.4 Å². The Hall–Kier alpha value is -5.04. The summed E-state index contributed by atoms with van der Waals surface area (Å²) in [6.45, 7) is -0.564. The Kier molecular flexibility index (Phi) is 16.3. The standard InChI is InChI=1S/C35H35BrO12/c36-19-11-21-44-30(39)22-29(38)43-20-10-18-28(37)47-31(34(41)45-23-25-12-4-1-5-13-25)32(48-33(40)27-16-8-3-9-17-27)35(42)46-24-26-14-6-2-7-15-26/h1-9,12-17,31-32H,10-11,18-24H2/t31-,32-/m1/s1. The minimum atomic E-state index is -2.05. The van der Waals surface area contributed by atoms with E-state index in [-0.39, 0.29) is 44.8 Å². The van der Waals surface area contributed by atoms with E-state index in [2.05, 4.69) is 15.9 Å². The number of ether oxygens (including phenoxy) is 6. The lowest BCUT2D eigenvalue weighted by Crippen LogP contribution is -2.47. The van der Waals surface area contributed by atoms with Crippen molar-refractivity contribution in [3.63, 3.8) is 0 Å². The summed E-state index contributed by atoms with van der Waals surface area (Å²) < 4.78 is 31.5. The van der Waals surface area contributed by atoms with E-state index < -0.39 is 54.4 Å². The smallest absolute Gasteiger partial charge is 0.352 e. The number of carbonyl (C=O) groups is 6. The summed E-state index contributed by atoms with van der Waals surface area (Å²) in [5.41, 5.74) is 1.28. The van der Waals surface area contributed by atoms with Gasteiger partial charge in [0.2, 0.25) is 12.2 Å². The maximum Gasteiger partial charge on any atom is 0.352 e. The van der Waals surface area contributed by atoms with Crippen molar-refractivity contribution >= 4 is 51.7 Å². The molecule has 48 heavy (non-hydrogen) atoms. The highest BCUT2D eigenvalue weighted by molar-refractivity contribution is 9.09. The SMILES string of the molecule is O=C(CC(=O)OCCCC(=O)O[C@@H](C(=O)OCc1ccccc1)[C@@H](OC(=O)c1ccccc1)C(=O)OCc1ccccc1)OCCCBr. The third kappa shape index (κ3) is 13.8. The van der Waals surface area contributed by atoms with E-state index in [0.717, 1.165) is 0 Å². The van der Waals surface area contributed by atoms with Gasteiger partial charge < -0.3 is 28.4 Å². The molecule has 254 valence electrons. The summed E-state index contributed by atoms with van der Waals surface area (Å²) in [6, 6.07) is 24.9. The molecule has 0 saturated carbocycles. The minimum Gasteiger partial charge on any atom is -0.465 e. The molecule has 0 fully saturated rings. The maximum absolute atomic E-state index is 13.4. The number of halogens is 1. The summed E-state index contributed by atoms with van der Waals surface area (Å²) in [6.07, 6.45) is -4.52. The molecule has 0 aliphatic rings. The van der Waals surface area contributed by atoms with Gasteiger partial charge in [-0.3, -0.25) is 14.4 Å². The fourth-order valence-electron chi connectivity index (χ4n) is 3.91. The summed E-state index contributed by atoms with van der Waals surface area (Å²) in [5.74, 6) is -5.88. The normalized spacial score (nSPS) is 11.7. The van der Waals surface area contributed by atoms with Crippen LogP contribution >= 0.6 is 15.9 Å². The van der Waals surface area contributed by atoms with Crippen LogP contribution in [0.25, 0.3) is 0 Å². The molecule has 3 aromatic rings.